The predicted octanol–water partition coefficient (Wildman–Crippen LogP) is 4.26. The van der Waals surface area contributed by atoms with Crippen LogP contribution in [0, 0.1) is 0 Å². The van der Waals surface area contributed by atoms with Gasteiger partial charge in [0.25, 0.3) is 0 Å². The third kappa shape index (κ3) is 3.43. The number of rotatable bonds is 4. The molecule has 0 amide bonds. The Morgan fingerprint density at radius 2 is 1.84 bits per heavy atom. The van der Waals surface area contributed by atoms with E-state index >= 15 is 0 Å². The van der Waals surface area contributed by atoms with Crippen molar-refractivity contribution >= 4 is 33.5 Å². The van der Waals surface area contributed by atoms with E-state index in [2.05, 4.69) is 20.9 Å². The monoisotopic (exact) mass is 341 g/mol. The maximum Gasteiger partial charge on any atom is 0.141 e. The number of nitrogens with zero attached hydrogens (tertiary/aromatic N) is 2. The second-order valence-corrected chi connectivity index (χ2v) is 7.65. The van der Waals surface area contributed by atoms with Crippen LogP contribution < -0.4 is 5.73 Å². The van der Waals surface area contributed by atoms with E-state index in [1.165, 1.54) is 44.9 Å². The van der Waals surface area contributed by atoms with Gasteiger partial charge < -0.3 is 5.73 Å². The zero-order chi connectivity index (χ0) is 13.2. The van der Waals surface area contributed by atoms with Crippen LogP contribution in [0.1, 0.15) is 62.4 Å². The summed E-state index contributed by atoms with van der Waals surface area (Å²) in [6, 6.07) is 0. The lowest BCUT2D eigenvalue weighted by molar-refractivity contribution is 0.516. The molecule has 0 aromatic carbocycles. The van der Waals surface area contributed by atoms with Crippen LogP contribution in [0.3, 0.4) is 0 Å². The number of nitrogen functional groups attached to an aromatic ring is 1. The third-order valence-corrected chi connectivity index (χ3v) is 6.09. The molecule has 0 unspecified atom stereocenters. The maximum absolute atomic E-state index is 5.99. The molecule has 3 rings (SSSR count). The van der Waals surface area contributed by atoms with Crippen molar-refractivity contribution in [2.24, 2.45) is 0 Å². The van der Waals surface area contributed by atoms with Crippen LogP contribution >= 0.6 is 27.7 Å². The number of hydrogen-bond donors (Lipinski definition) is 1. The van der Waals surface area contributed by atoms with Gasteiger partial charge in [-0.2, -0.15) is 11.8 Å². The summed E-state index contributed by atoms with van der Waals surface area (Å²) in [5, 5.41) is 0.798. The van der Waals surface area contributed by atoms with Crippen LogP contribution in [-0.2, 0) is 5.75 Å². The zero-order valence-corrected chi connectivity index (χ0v) is 13.5. The molecule has 104 valence electrons. The molecule has 19 heavy (non-hydrogen) atoms. The summed E-state index contributed by atoms with van der Waals surface area (Å²) in [5.74, 6) is 3.04. The Labute approximate surface area is 127 Å². The number of hydrogen-bond acceptors (Lipinski definition) is 4. The fourth-order valence-electron chi connectivity index (χ4n) is 2.65. The van der Waals surface area contributed by atoms with E-state index in [0.717, 1.165) is 27.0 Å². The molecule has 1 aromatic rings. The second kappa shape index (κ2) is 6.00. The largest absolute Gasteiger partial charge is 0.383 e. The van der Waals surface area contributed by atoms with Gasteiger partial charge in [0.15, 0.2) is 0 Å². The number of aromatic nitrogens is 2. The zero-order valence-electron chi connectivity index (χ0n) is 11.1. The first kappa shape index (κ1) is 13.7. The molecular weight excluding hydrogens is 322 g/mol. The van der Waals surface area contributed by atoms with E-state index in [1.54, 1.807) is 0 Å². The molecule has 2 aliphatic carbocycles. The van der Waals surface area contributed by atoms with Crippen molar-refractivity contribution in [2.75, 3.05) is 5.73 Å². The molecule has 2 fully saturated rings. The van der Waals surface area contributed by atoms with Gasteiger partial charge in [-0.25, -0.2) is 9.97 Å². The normalized spacial score (nSPS) is 20.7. The highest BCUT2D eigenvalue weighted by atomic mass is 79.9. The maximum atomic E-state index is 5.99. The number of thioether (sulfide) groups is 1. The lowest BCUT2D eigenvalue weighted by atomic mass is 10.0. The molecule has 0 bridgehead atoms. The molecule has 1 aromatic heterocycles. The summed E-state index contributed by atoms with van der Waals surface area (Å²) in [4.78, 5) is 9.15. The van der Waals surface area contributed by atoms with Gasteiger partial charge in [-0.05, 0) is 41.6 Å². The van der Waals surface area contributed by atoms with Crippen molar-refractivity contribution in [3.8, 4) is 0 Å². The molecular formula is C14H20BrN3S. The Kier molecular flexibility index (Phi) is 4.32. The van der Waals surface area contributed by atoms with Crippen LogP contribution in [-0.4, -0.2) is 15.2 Å². The smallest absolute Gasteiger partial charge is 0.141 e. The average molecular weight is 342 g/mol. The van der Waals surface area contributed by atoms with Crippen LogP contribution in [0.25, 0.3) is 0 Å². The summed E-state index contributed by atoms with van der Waals surface area (Å²) < 4.78 is 0.918. The molecule has 2 aliphatic rings. The number of nitrogens with two attached hydrogens (primary N) is 1. The molecule has 2 saturated carbocycles. The van der Waals surface area contributed by atoms with Crippen LogP contribution in [0.5, 0.6) is 0 Å². The SMILES string of the molecule is Nc1nc(CSC2CCCCC2)nc(C2CC2)c1Br. The van der Waals surface area contributed by atoms with Gasteiger partial charge in [0.1, 0.15) is 11.6 Å². The minimum atomic E-state index is 0.608. The minimum absolute atomic E-state index is 0.608. The first-order chi connectivity index (χ1) is 9.24. The molecule has 3 nitrogen and oxygen atoms in total. The summed E-state index contributed by atoms with van der Waals surface area (Å²) in [5.41, 5.74) is 7.12. The van der Waals surface area contributed by atoms with Gasteiger partial charge in [-0.15, -0.1) is 0 Å². The number of anilines is 1. The summed E-state index contributed by atoms with van der Waals surface area (Å²) in [6.45, 7) is 0. The Morgan fingerprint density at radius 3 is 2.53 bits per heavy atom. The van der Waals surface area contributed by atoms with Crippen molar-refractivity contribution in [3.05, 3.63) is 16.0 Å². The van der Waals surface area contributed by atoms with Gasteiger partial charge >= 0.3 is 0 Å². The van der Waals surface area contributed by atoms with Gasteiger partial charge in [-0.1, -0.05) is 19.3 Å². The summed E-state index contributed by atoms with van der Waals surface area (Å²) in [7, 11) is 0. The molecule has 0 radical (unpaired) electrons. The van der Waals surface area contributed by atoms with Crippen molar-refractivity contribution in [1.82, 2.24) is 9.97 Å². The van der Waals surface area contributed by atoms with Gasteiger partial charge in [-0.3, -0.25) is 0 Å². The van der Waals surface area contributed by atoms with Gasteiger partial charge in [0.05, 0.1) is 15.9 Å². The van der Waals surface area contributed by atoms with Crippen molar-refractivity contribution in [2.45, 2.75) is 61.9 Å². The standard InChI is InChI=1S/C14H20BrN3S/c15-12-13(9-6-7-9)17-11(18-14(12)16)8-19-10-4-2-1-3-5-10/h9-10H,1-8H2,(H2,16,17,18). The van der Waals surface area contributed by atoms with Gasteiger partial charge in [0.2, 0.25) is 0 Å². The third-order valence-electron chi connectivity index (χ3n) is 3.91. The Hall–Kier alpha value is -0.290. The lowest BCUT2D eigenvalue weighted by Crippen LogP contribution is -2.10. The highest BCUT2D eigenvalue weighted by molar-refractivity contribution is 9.10. The quantitative estimate of drug-likeness (QED) is 0.888. The Balaban J connectivity index is 1.66. The number of halogens is 1. The van der Waals surface area contributed by atoms with Crippen molar-refractivity contribution in [3.63, 3.8) is 0 Å². The highest BCUT2D eigenvalue weighted by Gasteiger charge is 2.29. The molecule has 0 aliphatic heterocycles. The van der Waals surface area contributed by atoms with E-state index < -0.39 is 0 Å². The van der Waals surface area contributed by atoms with Crippen molar-refractivity contribution < 1.29 is 0 Å². The van der Waals surface area contributed by atoms with E-state index in [9.17, 15) is 0 Å². The summed E-state index contributed by atoms with van der Waals surface area (Å²) in [6.07, 6.45) is 9.36. The minimum Gasteiger partial charge on any atom is -0.383 e. The first-order valence-corrected chi connectivity index (χ1v) is 9.01. The van der Waals surface area contributed by atoms with E-state index in [4.69, 9.17) is 10.7 Å². The van der Waals surface area contributed by atoms with Crippen molar-refractivity contribution in [1.29, 1.82) is 0 Å². The molecule has 0 saturated heterocycles. The van der Waals surface area contributed by atoms with E-state index in [-0.39, 0.29) is 0 Å². The Morgan fingerprint density at radius 1 is 1.11 bits per heavy atom. The molecule has 2 N–H and O–H groups in total. The average Bonchev–Trinajstić information content (AvgIpc) is 3.25. The predicted molar refractivity (Wildman–Crippen MR) is 84.3 cm³/mol. The molecule has 0 atom stereocenters. The van der Waals surface area contributed by atoms with E-state index in [1.807, 2.05) is 11.8 Å². The Bertz CT molecular complexity index is 456. The fourth-order valence-corrected chi connectivity index (χ4v) is 4.33. The molecule has 0 spiro atoms. The summed E-state index contributed by atoms with van der Waals surface area (Å²) >= 11 is 5.54. The fraction of sp³-hybridized carbons (Fsp3) is 0.714. The van der Waals surface area contributed by atoms with Crippen LogP contribution in [0.2, 0.25) is 0 Å². The topological polar surface area (TPSA) is 51.8 Å². The molecule has 5 heteroatoms. The second-order valence-electron chi connectivity index (χ2n) is 5.57. The van der Waals surface area contributed by atoms with E-state index in [0.29, 0.717) is 11.7 Å². The van der Waals surface area contributed by atoms with Gasteiger partial charge in [0, 0.05) is 11.2 Å². The molecule has 1 heterocycles. The van der Waals surface area contributed by atoms with Crippen LogP contribution in [0.4, 0.5) is 5.82 Å². The lowest BCUT2D eigenvalue weighted by Gasteiger charge is -2.20. The van der Waals surface area contributed by atoms with Crippen LogP contribution in [0.15, 0.2) is 4.47 Å². The first-order valence-electron chi connectivity index (χ1n) is 7.17. The highest BCUT2D eigenvalue weighted by Crippen LogP contribution is 2.43.